The van der Waals surface area contributed by atoms with Gasteiger partial charge in [-0.1, -0.05) is 11.8 Å². The van der Waals surface area contributed by atoms with E-state index in [4.69, 9.17) is 4.74 Å². The molecule has 3 heterocycles. The minimum Gasteiger partial charge on any atom is -0.381 e. The largest absolute Gasteiger partial charge is 0.381 e. The Morgan fingerprint density at radius 1 is 1.31 bits per heavy atom. The molecule has 8 nitrogen and oxygen atoms in total. The van der Waals surface area contributed by atoms with Gasteiger partial charge in [0.15, 0.2) is 4.34 Å². The van der Waals surface area contributed by atoms with E-state index in [-0.39, 0.29) is 36.1 Å². The van der Waals surface area contributed by atoms with E-state index in [9.17, 15) is 14.4 Å². The summed E-state index contributed by atoms with van der Waals surface area (Å²) < 4.78 is 7.06. The number of hydrogen-bond acceptors (Lipinski definition) is 7. The highest BCUT2D eigenvalue weighted by atomic mass is 32.2. The number of fused-ring (bicyclic) bond motifs is 1. The van der Waals surface area contributed by atoms with Gasteiger partial charge in [0.25, 0.3) is 0 Å². The summed E-state index contributed by atoms with van der Waals surface area (Å²) in [5.41, 5.74) is 1.51. The van der Waals surface area contributed by atoms with Gasteiger partial charge >= 0.3 is 0 Å². The van der Waals surface area contributed by atoms with Crippen LogP contribution in [0.4, 0.5) is 5.69 Å². The molecule has 1 unspecified atom stereocenters. The molecule has 1 aromatic heterocycles. The Labute approximate surface area is 176 Å². The van der Waals surface area contributed by atoms with Crippen molar-refractivity contribution in [2.45, 2.75) is 29.6 Å². The third-order valence-electron chi connectivity index (χ3n) is 4.90. The average Bonchev–Trinajstić information content (AvgIpc) is 3.32. The number of benzene rings is 1. The van der Waals surface area contributed by atoms with E-state index in [2.05, 4.69) is 20.9 Å². The van der Waals surface area contributed by atoms with Gasteiger partial charge < -0.3 is 20.7 Å². The highest BCUT2D eigenvalue weighted by molar-refractivity contribution is 8.01. The van der Waals surface area contributed by atoms with E-state index >= 15 is 0 Å². The molecular formula is C19H22N4O4S2. The smallest absolute Gasteiger partial charge is 0.230 e. The van der Waals surface area contributed by atoms with Crippen molar-refractivity contribution in [2.75, 3.05) is 30.8 Å². The van der Waals surface area contributed by atoms with Crippen molar-refractivity contribution in [3.8, 4) is 0 Å². The highest BCUT2D eigenvalue weighted by Crippen LogP contribution is 2.31. The number of anilines is 1. The molecule has 3 amide bonds. The van der Waals surface area contributed by atoms with Crippen LogP contribution >= 0.6 is 23.1 Å². The summed E-state index contributed by atoms with van der Waals surface area (Å²) in [6, 6.07) is 5.73. The summed E-state index contributed by atoms with van der Waals surface area (Å²) in [7, 11) is 0. The van der Waals surface area contributed by atoms with E-state index in [0.29, 0.717) is 31.2 Å². The quantitative estimate of drug-likeness (QED) is 0.598. The van der Waals surface area contributed by atoms with Crippen molar-refractivity contribution in [3.63, 3.8) is 0 Å². The zero-order chi connectivity index (χ0) is 20.2. The van der Waals surface area contributed by atoms with Gasteiger partial charge in [-0.2, -0.15) is 0 Å². The molecule has 10 heteroatoms. The number of thiazole rings is 1. The zero-order valence-corrected chi connectivity index (χ0v) is 17.4. The number of rotatable bonds is 6. The Bertz CT molecular complexity index is 926. The normalized spacial score (nSPS) is 19.9. The molecule has 2 aliphatic rings. The molecule has 0 radical (unpaired) electrons. The number of ether oxygens (including phenoxy) is 1. The third-order valence-corrected chi connectivity index (χ3v) is 7.06. The summed E-state index contributed by atoms with van der Waals surface area (Å²) in [6.07, 6.45) is 1.94. The first-order valence-electron chi connectivity index (χ1n) is 9.55. The number of hydrogen-bond donors (Lipinski definition) is 3. The van der Waals surface area contributed by atoms with Crippen molar-refractivity contribution < 1.29 is 19.1 Å². The second kappa shape index (κ2) is 9.10. The van der Waals surface area contributed by atoms with Gasteiger partial charge in [-0.3, -0.25) is 14.4 Å². The number of carbonyl (C=O) groups is 3. The van der Waals surface area contributed by atoms with Crippen LogP contribution in [0.1, 0.15) is 19.3 Å². The molecule has 4 rings (SSSR count). The van der Waals surface area contributed by atoms with Crippen LogP contribution in [0.2, 0.25) is 0 Å². The van der Waals surface area contributed by atoms with Gasteiger partial charge in [-0.05, 0) is 31.0 Å². The minimum atomic E-state index is -0.333. The van der Waals surface area contributed by atoms with E-state index in [1.54, 1.807) is 6.07 Å². The van der Waals surface area contributed by atoms with E-state index in [0.717, 1.165) is 27.4 Å². The second-order valence-corrected chi connectivity index (χ2v) is 9.35. The summed E-state index contributed by atoms with van der Waals surface area (Å²) >= 11 is 2.91. The van der Waals surface area contributed by atoms with Gasteiger partial charge in [0.05, 0.1) is 21.9 Å². The van der Waals surface area contributed by atoms with Crippen LogP contribution in [0.25, 0.3) is 10.2 Å². The van der Waals surface area contributed by atoms with E-state index < -0.39 is 0 Å². The number of aromatic nitrogens is 1. The maximum Gasteiger partial charge on any atom is 0.230 e. The van der Waals surface area contributed by atoms with Crippen molar-refractivity contribution in [3.05, 3.63) is 18.2 Å². The first kappa shape index (κ1) is 20.1. The lowest BCUT2D eigenvalue weighted by Gasteiger charge is -2.22. The molecule has 1 aromatic carbocycles. The molecule has 0 spiro atoms. The number of amides is 3. The van der Waals surface area contributed by atoms with Crippen molar-refractivity contribution in [2.24, 2.45) is 5.92 Å². The van der Waals surface area contributed by atoms with Crippen molar-refractivity contribution >= 4 is 56.7 Å². The number of carbonyl (C=O) groups excluding carboxylic acids is 3. The molecule has 2 aliphatic heterocycles. The summed E-state index contributed by atoms with van der Waals surface area (Å²) in [5, 5.41) is 8.58. The van der Waals surface area contributed by atoms with E-state index in [1.165, 1.54) is 23.1 Å². The van der Waals surface area contributed by atoms with Gasteiger partial charge in [-0.25, -0.2) is 4.98 Å². The topological polar surface area (TPSA) is 109 Å². The predicted molar refractivity (Wildman–Crippen MR) is 112 cm³/mol. The van der Waals surface area contributed by atoms with Crippen molar-refractivity contribution in [1.29, 1.82) is 0 Å². The molecule has 1 atom stereocenters. The average molecular weight is 435 g/mol. The highest BCUT2D eigenvalue weighted by Gasteiger charge is 2.28. The second-order valence-electron chi connectivity index (χ2n) is 7.10. The maximum atomic E-state index is 12.3. The van der Waals surface area contributed by atoms with Gasteiger partial charge in [0, 0.05) is 37.9 Å². The lowest BCUT2D eigenvalue weighted by Crippen LogP contribution is -2.39. The van der Waals surface area contributed by atoms with Gasteiger partial charge in [0.2, 0.25) is 17.7 Å². The Morgan fingerprint density at radius 3 is 2.90 bits per heavy atom. The molecule has 2 aromatic rings. The van der Waals surface area contributed by atoms with Crippen LogP contribution in [0, 0.1) is 5.92 Å². The zero-order valence-electron chi connectivity index (χ0n) is 15.7. The fraction of sp³-hybridized carbons (Fsp3) is 0.474. The summed E-state index contributed by atoms with van der Waals surface area (Å²) in [5.74, 6) is -0.255. The molecule has 2 saturated heterocycles. The first-order valence-corrected chi connectivity index (χ1v) is 11.3. The van der Waals surface area contributed by atoms with Crippen LogP contribution in [-0.2, 0) is 19.1 Å². The van der Waals surface area contributed by atoms with Crippen LogP contribution in [0.15, 0.2) is 22.5 Å². The third kappa shape index (κ3) is 5.26. The Morgan fingerprint density at radius 2 is 2.14 bits per heavy atom. The Balaban J connectivity index is 1.32. The molecular weight excluding hydrogens is 412 g/mol. The molecule has 29 heavy (non-hydrogen) atoms. The summed E-state index contributed by atoms with van der Waals surface area (Å²) in [6.45, 7) is 1.77. The number of thioether (sulfide) groups is 1. The van der Waals surface area contributed by atoms with Crippen molar-refractivity contribution in [1.82, 2.24) is 15.6 Å². The predicted octanol–water partition coefficient (Wildman–Crippen LogP) is 1.76. The first-order chi connectivity index (χ1) is 14.1. The van der Waals surface area contributed by atoms with Gasteiger partial charge in [-0.15, -0.1) is 11.3 Å². The standard InChI is InChI=1S/C19H22N4O4S2/c24-16-7-11(9-20-16)18(26)22-13-1-2-14-15(8-13)29-19(23-14)28-10-17(25)21-12-3-5-27-6-4-12/h1-2,8,11-12H,3-7,9-10H2,(H,20,24)(H,21,25)(H,22,26). The van der Waals surface area contributed by atoms with E-state index in [1.807, 2.05) is 12.1 Å². The Kier molecular flexibility index (Phi) is 6.31. The SMILES string of the molecule is O=C1CC(C(=O)Nc2ccc3nc(SCC(=O)NC4CCOCC4)sc3c2)CN1. The summed E-state index contributed by atoms with van der Waals surface area (Å²) in [4.78, 5) is 40.3. The minimum absolute atomic E-state index is 0.00817. The lowest BCUT2D eigenvalue weighted by atomic mass is 10.1. The Hall–Kier alpha value is -2.17. The number of nitrogens with zero attached hydrogens (tertiary/aromatic N) is 1. The molecule has 0 bridgehead atoms. The molecule has 0 saturated carbocycles. The fourth-order valence-electron chi connectivity index (χ4n) is 3.32. The van der Waals surface area contributed by atoms with Crippen LogP contribution in [0.3, 0.4) is 0 Å². The van der Waals surface area contributed by atoms with Gasteiger partial charge in [0.1, 0.15) is 0 Å². The van der Waals surface area contributed by atoms with Crippen LogP contribution in [-0.4, -0.2) is 54.3 Å². The molecule has 2 fully saturated rings. The fourth-order valence-corrected chi connectivity index (χ4v) is 5.24. The molecule has 154 valence electrons. The lowest BCUT2D eigenvalue weighted by molar-refractivity contribution is -0.123. The molecule has 3 N–H and O–H groups in total. The monoisotopic (exact) mass is 434 g/mol. The van der Waals surface area contributed by atoms with Crippen LogP contribution in [0.5, 0.6) is 0 Å². The van der Waals surface area contributed by atoms with Crippen LogP contribution < -0.4 is 16.0 Å². The number of nitrogens with one attached hydrogen (secondary N) is 3. The molecule has 0 aliphatic carbocycles. The maximum absolute atomic E-state index is 12.3.